The molecule has 1 unspecified atom stereocenters. The highest BCUT2D eigenvalue weighted by Crippen LogP contribution is 2.29. The minimum Gasteiger partial charge on any atom is -0.497 e. The number of guanidine groups is 1. The summed E-state index contributed by atoms with van der Waals surface area (Å²) in [6.45, 7) is 13.5. The molecule has 7 nitrogen and oxygen atoms in total. The first-order valence-corrected chi connectivity index (χ1v) is 10.0. The van der Waals surface area contributed by atoms with E-state index in [1.807, 2.05) is 6.92 Å². The van der Waals surface area contributed by atoms with Gasteiger partial charge in [-0.1, -0.05) is 0 Å². The molecule has 0 fully saturated rings. The van der Waals surface area contributed by atoms with Crippen LogP contribution in [0, 0.1) is 0 Å². The van der Waals surface area contributed by atoms with Gasteiger partial charge in [-0.15, -0.1) is 0 Å². The third kappa shape index (κ3) is 7.56. The normalized spacial score (nSPS) is 13.2. The van der Waals surface area contributed by atoms with Gasteiger partial charge in [0.15, 0.2) is 5.96 Å². The van der Waals surface area contributed by atoms with Crippen LogP contribution in [0.3, 0.4) is 0 Å². The average molecular weight is 395 g/mol. The van der Waals surface area contributed by atoms with E-state index in [-0.39, 0.29) is 6.54 Å². The Hall–Kier alpha value is -1.99. The first-order valence-electron chi connectivity index (χ1n) is 10.0. The predicted octanol–water partition coefficient (Wildman–Crippen LogP) is 2.41. The number of nitrogens with zero attached hydrogens (tertiary/aromatic N) is 2. The summed E-state index contributed by atoms with van der Waals surface area (Å²) >= 11 is 0. The zero-order chi connectivity index (χ0) is 21.1. The fraction of sp³-hybridized carbons (Fsp3) is 0.667. The summed E-state index contributed by atoms with van der Waals surface area (Å²) in [7, 11) is 3.18. The Morgan fingerprint density at radius 3 is 2.32 bits per heavy atom. The van der Waals surface area contributed by atoms with Gasteiger partial charge in [-0.25, -0.2) is 0 Å². The van der Waals surface area contributed by atoms with Crippen LogP contribution in [0.4, 0.5) is 0 Å². The molecule has 3 N–H and O–H groups in total. The van der Waals surface area contributed by atoms with Crippen molar-refractivity contribution in [1.29, 1.82) is 0 Å². The van der Waals surface area contributed by atoms with Gasteiger partial charge in [-0.3, -0.25) is 9.89 Å². The lowest BCUT2D eigenvalue weighted by atomic mass is 10.1. The van der Waals surface area contributed by atoms with Gasteiger partial charge in [0.2, 0.25) is 0 Å². The van der Waals surface area contributed by atoms with Crippen molar-refractivity contribution in [3.8, 4) is 11.5 Å². The van der Waals surface area contributed by atoms with Crippen LogP contribution < -0.4 is 20.1 Å². The van der Waals surface area contributed by atoms with Gasteiger partial charge in [-0.2, -0.15) is 0 Å². The van der Waals surface area contributed by atoms with E-state index in [1.54, 1.807) is 32.4 Å². The molecule has 28 heavy (non-hydrogen) atoms. The summed E-state index contributed by atoms with van der Waals surface area (Å²) in [6, 6.07) is 6.35. The molecule has 0 saturated carbocycles. The number of aliphatic imine (C=N–C) groups is 1. The lowest BCUT2D eigenvalue weighted by Crippen LogP contribution is -2.45. The molecule has 1 aromatic rings. The Labute approximate surface area is 170 Å². The van der Waals surface area contributed by atoms with E-state index in [9.17, 15) is 5.11 Å². The first-order chi connectivity index (χ1) is 13.3. The van der Waals surface area contributed by atoms with Crippen molar-refractivity contribution in [2.75, 3.05) is 40.4 Å². The van der Waals surface area contributed by atoms with Crippen molar-refractivity contribution in [1.82, 2.24) is 15.5 Å². The van der Waals surface area contributed by atoms with Gasteiger partial charge in [0.25, 0.3) is 0 Å². The van der Waals surface area contributed by atoms with E-state index in [2.05, 4.69) is 48.2 Å². The van der Waals surface area contributed by atoms with Crippen molar-refractivity contribution >= 4 is 5.96 Å². The van der Waals surface area contributed by atoms with Crippen molar-refractivity contribution in [2.45, 2.75) is 52.8 Å². The van der Waals surface area contributed by atoms with Crippen LogP contribution in [0.5, 0.6) is 11.5 Å². The lowest BCUT2D eigenvalue weighted by Gasteiger charge is -2.30. The second-order valence-electron chi connectivity index (χ2n) is 7.20. The van der Waals surface area contributed by atoms with E-state index in [4.69, 9.17) is 9.47 Å². The molecule has 1 aromatic carbocycles. The molecule has 160 valence electrons. The third-order valence-electron chi connectivity index (χ3n) is 4.55. The van der Waals surface area contributed by atoms with E-state index < -0.39 is 6.10 Å². The Morgan fingerprint density at radius 2 is 1.79 bits per heavy atom. The SMILES string of the molecule is CCNC(=NCC(O)c1cc(OC)ccc1OC)NCCN(C(C)C)C(C)C. The topological polar surface area (TPSA) is 78.4 Å². The molecule has 0 radical (unpaired) electrons. The molecular weight excluding hydrogens is 356 g/mol. The largest absolute Gasteiger partial charge is 0.497 e. The molecule has 0 amide bonds. The first kappa shape index (κ1) is 24.0. The van der Waals surface area contributed by atoms with Gasteiger partial charge in [0.1, 0.15) is 17.6 Å². The van der Waals surface area contributed by atoms with Crippen LogP contribution in [-0.4, -0.2) is 68.4 Å². The molecule has 0 aliphatic rings. The highest BCUT2D eigenvalue weighted by Gasteiger charge is 2.15. The quantitative estimate of drug-likeness (QED) is 0.395. The van der Waals surface area contributed by atoms with Crippen LogP contribution >= 0.6 is 0 Å². The maximum atomic E-state index is 10.6. The highest BCUT2D eigenvalue weighted by molar-refractivity contribution is 5.79. The monoisotopic (exact) mass is 394 g/mol. The summed E-state index contributed by atoms with van der Waals surface area (Å²) in [4.78, 5) is 6.96. The number of aliphatic hydroxyl groups is 1. The van der Waals surface area contributed by atoms with E-state index >= 15 is 0 Å². The number of nitrogens with one attached hydrogen (secondary N) is 2. The van der Waals surface area contributed by atoms with Crippen LogP contribution in [0.25, 0.3) is 0 Å². The number of rotatable bonds is 11. The minimum absolute atomic E-state index is 0.219. The Morgan fingerprint density at radius 1 is 1.11 bits per heavy atom. The molecule has 0 aliphatic heterocycles. The number of ether oxygens (including phenoxy) is 2. The van der Waals surface area contributed by atoms with E-state index in [0.29, 0.717) is 35.1 Å². The fourth-order valence-corrected chi connectivity index (χ4v) is 3.13. The van der Waals surface area contributed by atoms with E-state index in [0.717, 1.165) is 19.6 Å². The van der Waals surface area contributed by atoms with Gasteiger partial charge < -0.3 is 25.2 Å². The number of methoxy groups -OCH3 is 2. The van der Waals surface area contributed by atoms with Gasteiger partial charge in [0.05, 0.1) is 20.8 Å². The number of aliphatic hydroxyl groups excluding tert-OH is 1. The molecule has 0 aromatic heterocycles. The second kappa shape index (κ2) is 12.5. The summed E-state index contributed by atoms with van der Waals surface area (Å²) in [6.07, 6.45) is -0.789. The minimum atomic E-state index is -0.789. The fourth-order valence-electron chi connectivity index (χ4n) is 3.13. The smallest absolute Gasteiger partial charge is 0.191 e. The number of hydrogen-bond donors (Lipinski definition) is 3. The van der Waals surface area contributed by atoms with Gasteiger partial charge >= 0.3 is 0 Å². The summed E-state index contributed by atoms with van der Waals surface area (Å²) in [5, 5.41) is 17.2. The number of benzene rings is 1. The van der Waals surface area contributed by atoms with Crippen molar-refractivity contribution < 1.29 is 14.6 Å². The maximum Gasteiger partial charge on any atom is 0.191 e. The van der Waals surface area contributed by atoms with Crippen LogP contribution in [0.1, 0.15) is 46.3 Å². The standard InChI is InChI=1S/C21H38N4O3/c1-8-22-21(23-11-12-25(15(2)3)16(4)5)24-14-19(26)18-13-17(27-6)9-10-20(18)28-7/h9-10,13,15-16,19,26H,8,11-12,14H2,1-7H3,(H2,22,23,24). The molecule has 7 heteroatoms. The zero-order valence-electron chi connectivity index (χ0n) is 18.5. The zero-order valence-corrected chi connectivity index (χ0v) is 18.5. The molecule has 0 bridgehead atoms. The second-order valence-corrected chi connectivity index (χ2v) is 7.20. The molecule has 1 atom stereocenters. The molecule has 0 aliphatic carbocycles. The average Bonchev–Trinajstić information content (AvgIpc) is 2.67. The molecular formula is C21H38N4O3. The summed E-state index contributed by atoms with van der Waals surface area (Å²) in [5.41, 5.74) is 0.659. The van der Waals surface area contributed by atoms with Crippen molar-refractivity contribution in [2.24, 2.45) is 4.99 Å². The van der Waals surface area contributed by atoms with Crippen LogP contribution in [-0.2, 0) is 0 Å². The summed E-state index contributed by atoms with van der Waals surface area (Å²) < 4.78 is 10.6. The lowest BCUT2D eigenvalue weighted by molar-refractivity contribution is 0.178. The third-order valence-corrected chi connectivity index (χ3v) is 4.55. The Kier molecular flexibility index (Phi) is 10.7. The van der Waals surface area contributed by atoms with Gasteiger partial charge in [-0.05, 0) is 52.8 Å². The molecule has 0 saturated heterocycles. The Balaban J connectivity index is 2.76. The van der Waals surface area contributed by atoms with E-state index in [1.165, 1.54) is 0 Å². The van der Waals surface area contributed by atoms with Crippen molar-refractivity contribution in [3.63, 3.8) is 0 Å². The Bertz CT molecular complexity index is 597. The molecule has 0 heterocycles. The molecule has 0 spiro atoms. The van der Waals surface area contributed by atoms with Crippen LogP contribution in [0.2, 0.25) is 0 Å². The highest BCUT2D eigenvalue weighted by atomic mass is 16.5. The van der Waals surface area contributed by atoms with Gasteiger partial charge in [0, 0.05) is 37.3 Å². The maximum absolute atomic E-state index is 10.6. The molecule has 1 rings (SSSR count). The number of hydrogen-bond acceptors (Lipinski definition) is 5. The predicted molar refractivity (Wildman–Crippen MR) is 115 cm³/mol. The van der Waals surface area contributed by atoms with Crippen molar-refractivity contribution in [3.05, 3.63) is 23.8 Å². The summed E-state index contributed by atoms with van der Waals surface area (Å²) in [5.74, 6) is 1.98. The van der Waals surface area contributed by atoms with Crippen LogP contribution in [0.15, 0.2) is 23.2 Å².